The van der Waals surface area contributed by atoms with E-state index in [4.69, 9.17) is 0 Å². The molecule has 2 aromatic heterocycles. The molecule has 6 nitrogen and oxygen atoms in total. The zero-order valence-electron chi connectivity index (χ0n) is 20.5. The average molecular weight is 492 g/mol. The zero-order chi connectivity index (χ0) is 25.4. The molecule has 0 aliphatic carbocycles. The maximum Gasteiger partial charge on any atom is 0.257 e. The molecule has 37 heavy (non-hydrogen) atoms. The first-order valence-electron chi connectivity index (χ1n) is 12.4. The van der Waals surface area contributed by atoms with E-state index in [0.717, 1.165) is 35.0 Å². The van der Waals surface area contributed by atoms with Gasteiger partial charge in [-0.25, -0.2) is 19.0 Å². The van der Waals surface area contributed by atoms with Crippen LogP contribution in [0.3, 0.4) is 0 Å². The fraction of sp³-hybridized carbons (Fsp3) is 0.200. The number of carbonyl (C=O) groups is 1. The molecule has 1 atom stereocenters. The molecular formula is C30H26FN5O. The second-order valence-electron chi connectivity index (χ2n) is 9.81. The third-order valence-electron chi connectivity index (χ3n) is 7.39. The highest BCUT2D eigenvalue weighted by atomic mass is 19.1. The first kappa shape index (κ1) is 23.0. The summed E-state index contributed by atoms with van der Waals surface area (Å²) in [5, 5.41) is 5.62. The Morgan fingerprint density at radius 2 is 1.76 bits per heavy atom. The monoisotopic (exact) mass is 491 g/mol. The van der Waals surface area contributed by atoms with E-state index in [0.29, 0.717) is 18.7 Å². The smallest absolute Gasteiger partial charge is 0.257 e. The van der Waals surface area contributed by atoms with Crippen molar-refractivity contribution in [3.8, 4) is 5.69 Å². The fourth-order valence-corrected chi connectivity index (χ4v) is 5.62. The number of aryl methyl sites for hydroxylation is 1. The molecule has 184 valence electrons. The van der Waals surface area contributed by atoms with Crippen LogP contribution in [0.1, 0.15) is 33.5 Å². The van der Waals surface area contributed by atoms with E-state index >= 15 is 0 Å². The summed E-state index contributed by atoms with van der Waals surface area (Å²) in [5.41, 5.74) is 5.64. The van der Waals surface area contributed by atoms with E-state index < -0.39 is 0 Å². The van der Waals surface area contributed by atoms with Gasteiger partial charge < -0.3 is 4.90 Å². The lowest BCUT2D eigenvalue weighted by atomic mass is 9.73. The Balaban J connectivity index is 1.42. The number of hydrogen-bond acceptors (Lipinski definition) is 4. The van der Waals surface area contributed by atoms with Crippen molar-refractivity contribution >= 4 is 16.8 Å². The summed E-state index contributed by atoms with van der Waals surface area (Å²) in [5.74, 6) is -0.317. The molecule has 1 aliphatic heterocycles. The number of rotatable bonds is 5. The molecule has 0 saturated carbocycles. The number of likely N-dealkylation sites (tertiary alicyclic amines) is 1. The SMILES string of the molecule is Cc1cc2c(cnn2-c2ccc(F)cc2)cc1C1(Cc2ccccc2)CCN(C(=O)c2cncnc2)C1. The van der Waals surface area contributed by atoms with E-state index in [1.807, 2.05) is 21.8 Å². The van der Waals surface area contributed by atoms with E-state index in [1.165, 1.54) is 29.6 Å². The molecule has 0 spiro atoms. The van der Waals surface area contributed by atoms with Crippen LogP contribution in [-0.4, -0.2) is 43.6 Å². The highest BCUT2D eigenvalue weighted by Gasteiger charge is 2.42. The predicted octanol–water partition coefficient (Wildman–Crippen LogP) is 5.29. The second-order valence-corrected chi connectivity index (χ2v) is 9.81. The van der Waals surface area contributed by atoms with Crippen molar-refractivity contribution in [2.45, 2.75) is 25.2 Å². The Morgan fingerprint density at radius 1 is 1.00 bits per heavy atom. The number of nitrogens with zero attached hydrogens (tertiary/aromatic N) is 5. The molecule has 3 aromatic carbocycles. The van der Waals surface area contributed by atoms with Crippen molar-refractivity contribution in [3.05, 3.63) is 120 Å². The van der Waals surface area contributed by atoms with Crippen molar-refractivity contribution in [1.82, 2.24) is 24.6 Å². The summed E-state index contributed by atoms with van der Waals surface area (Å²) in [6, 6.07) is 21.2. The quantitative estimate of drug-likeness (QED) is 0.335. The van der Waals surface area contributed by atoms with Crippen LogP contribution >= 0.6 is 0 Å². The second kappa shape index (κ2) is 9.24. The van der Waals surface area contributed by atoms with Gasteiger partial charge in [-0.15, -0.1) is 0 Å². The number of halogens is 1. The van der Waals surface area contributed by atoms with Gasteiger partial charge in [-0.05, 0) is 72.9 Å². The lowest BCUT2D eigenvalue weighted by Crippen LogP contribution is -2.36. The summed E-state index contributed by atoms with van der Waals surface area (Å²) in [7, 11) is 0. The summed E-state index contributed by atoms with van der Waals surface area (Å²) in [6.45, 7) is 3.39. The maximum atomic E-state index is 13.5. The van der Waals surface area contributed by atoms with Gasteiger partial charge in [0.05, 0.1) is 23.0 Å². The largest absolute Gasteiger partial charge is 0.338 e. The predicted molar refractivity (Wildman–Crippen MR) is 140 cm³/mol. The summed E-state index contributed by atoms with van der Waals surface area (Å²) in [6.07, 6.45) is 8.12. The molecule has 1 fully saturated rings. The van der Waals surface area contributed by atoms with Gasteiger partial charge in [0.25, 0.3) is 5.91 Å². The standard InChI is InChI=1S/C30H26FN5O/c1-21-13-28-23(18-34-36(28)26-9-7-25(31)8-10-26)14-27(21)30(15-22-5-3-2-4-6-22)11-12-35(19-30)29(37)24-16-32-20-33-17-24/h2-10,13-14,16-18,20H,11-12,15,19H2,1H3. The summed E-state index contributed by atoms with van der Waals surface area (Å²) >= 11 is 0. The van der Waals surface area contributed by atoms with Gasteiger partial charge in [0.2, 0.25) is 0 Å². The van der Waals surface area contributed by atoms with Gasteiger partial charge >= 0.3 is 0 Å². The van der Waals surface area contributed by atoms with Crippen molar-refractivity contribution in [3.63, 3.8) is 0 Å². The van der Waals surface area contributed by atoms with E-state index in [2.05, 4.69) is 58.4 Å². The minimum absolute atomic E-state index is 0.0432. The number of carbonyl (C=O) groups excluding carboxylic acids is 1. The van der Waals surface area contributed by atoms with Gasteiger partial charge in [-0.1, -0.05) is 30.3 Å². The lowest BCUT2D eigenvalue weighted by Gasteiger charge is -2.32. The topological polar surface area (TPSA) is 63.9 Å². The Bertz CT molecular complexity index is 1570. The highest BCUT2D eigenvalue weighted by Crippen LogP contribution is 2.41. The minimum atomic E-state index is -0.274. The highest BCUT2D eigenvalue weighted by molar-refractivity contribution is 5.94. The van der Waals surface area contributed by atoms with Gasteiger partial charge in [-0.2, -0.15) is 5.10 Å². The molecule has 5 aromatic rings. The van der Waals surface area contributed by atoms with Crippen LogP contribution in [0.15, 0.2) is 91.6 Å². The van der Waals surface area contributed by atoms with E-state index in [-0.39, 0.29) is 17.1 Å². The number of hydrogen-bond donors (Lipinski definition) is 0. The Kier molecular flexibility index (Phi) is 5.75. The molecule has 1 aliphatic rings. The molecular weight excluding hydrogens is 465 g/mol. The molecule has 3 heterocycles. The van der Waals surface area contributed by atoms with Gasteiger partial charge in [0.15, 0.2) is 0 Å². The van der Waals surface area contributed by atoms with E-state index in [1.54, 1.807) is 24.5 Å². The first-order valence-corrected chi connectivity index (χ1v) is 12.4. The van der Waals surface area contributed by atoms with Gasteiger partial charge in [-0.3, -0.25) is 4.79 Å². The minimum Gasteiger partial charge on any atom is -0.338 e. The van der Waals surface area contributed by atoms with Crippen LogP contribution < -0.4 is 0 Å². The van der Waals surface area contributed by atoms with Crippen LogP contribution in [0.5, 0.6) is 0 Å². The third kappa shape index (κ3) is 4.27. The van der Waals surface area contributed by atoms with Gasteiger partial charge in [0.1, 0.15) is 12.1 Å². The molecule has 1 amide bonds. The van der Waals surface area contributed by atoms with Crippen LogP contribution in [0, 0.1) is 12.7 Å². The summed E-state index contributed by atoms with van der Waals surface area (Å²) < 4.78 is 15.3. The normalized spacial score (nSPS) is 17.4. The Labute approximate surface area is 214 Å². The lowest BCUT2D eigenvalue weighted by molar-refractivity contribution is 0.0782. The number of fused-ring (bicyclic) bond motifs is 1. The number of benzene rings is 3. The van der Waals surface area contributed by atoms with Crippen LogP contribution in [0.2, 0.25) is 0 Å². The maximum absolute atomic E-state index is 13.5. The average Bonchev–Trinajstić information content (AvgIpc) is 3.54. The zero-order valence-corrected chi connectivity index (χ0v) is 20.5. The van der Waals surface area contributed by atoms with Gasteiger partial charge in [0, 0.05) is 36.3 Å². The molecule has 6 rings (SSSR count). The third-order valence-corrected chi connectivity index (χ3v) is 7.39. The fourth-order valence-electron chi connectivity index (χ4n) is 5.62. The summed E-state index contributed by atoms with van der Waals surface area (Å²) in [4.78, 5) is 23.3. The first-order chi connectivity index (χ1) is 18.0. The molecule has 0 radical (unpaired) electrons. The van der Waals surface area contributed by atoms with Crippen molar-refractivity contribution in [2.24, 2.45) is 0 Å². The van der Waals surface area contributed by atoms with Crippen molar-refractivity contribution in [2.75, 3.05) is 13.1 Å². The molecule has 1 unspecified atom stereocenters. The molecule has 1 saturated heterocycles. The van der Waals surface area contributed by atoms with E-state index in [9.17, 15) is 9.18 Å². The van der Waals surface area contributed by atoms with Crippen LogP contribution in [-0.2, 0) is 11.8 Å². The molecule has 0 bridgehead atoms. The van der Waals surface area contributed by atoms with Crippen molar-refractivity contribution in [1.29, 1.82) is 0 Å². The number of aromatic nitrogens is 4. The van der Waals surface area contributed by atoms with Crippen LogP contribution in [0.25, 0.3) is 16.6 Å². The number of amides is 1. The van der Waals surface area contributed by atoms with Crippen molar-refractivity contribution < 1.29 is 9.18 Å². The Morgan fingerprint density at radius 3 is 2.51 bits per heavy atom. The van der Waals surface area contributed by atoms with Crippen LogP contribution in [0.4, 0.5) is 4.39 Å². The molecule has 7 heteroatoms. The Hall–Kier alpha value is -4.39. The molecule has 0 N–H and O–H groups in total.